The SMILES string of the molecule is CC(C)(C)OC(=O)C(C(O)C(=O)O)C(N)C1CCC1. The van der Waals surface area contributed by atoms with Gasteiger partial charge in [-0.15, -0.1) is 0 Å². The molecule has 1 fully saturated rings. The predicted molar refractivity (Wildman–Crippen MR) is 68.3 cm³/mol. The van der Waals surface area contributed by atoms with Crippen LogP contribution in [0.5, 0.6) is 0 Å². The standard InChI is InChI=1S/C13H23NO5/c1-13(2,3)19-12(18)8(10(15)11(16)17)9(14)7-5-4-6-7/h7-10,15H,4-6,14H2,1-3H3,(H,16,17). The number of aliphatic hydroxyl groups excluding tert-OH is 1. The number of rotatable bonds is 5. The molecule has 3 atom stereocenters. The number of carbonyl (C=O) groups is 2. The molecule has 3 unspecified atom stereocenters. The lowest BCUT2D eigenvalue weighted by molar-refractivity contribution is -0.173. The smallest absolute Gasteiger partial charge is 0.333 e. The lowest BCUT2D eigenvalue weighted by atomic mass is 9.74. The molecule has 0 aromatic heterocycles. The Balaban J connectivity index is 2.84. The summed E-state index contributed by atoms with van der Waals surface area (Å²) in [5, 5.41) is 18.6. The molecule has 19 heavy (non-hydrogen) atoms. The summed E-state index contributed by atoms with van der Waals surface area (Å²) in [7, 11) is 0. The Labute approximate surface area is 112 Å². The van der Waals surface area contributed by atoms with Crippen molar-refractivity contribution < 1.29 is 24.5 Å². The highest BCUT2D eigenvalue weighted by Crippen LogP contribution is 2.33. The van der Waals surface area contributed by atoms with Gasteiger partial charge in [0.15, 0.2) is 6.10 Å². The molecule has 0 aromatic carbocycles. The molecule has 1 aliphatic rings. The summed E-state index contributed by atoms with van der Waals surface area (Å²) in [6.07, 6.45) is 0.896. The van der Waals surface area contributed by atoms with Crippen LogP contribution in [0.15, 0.2) is 0 Å². The number of carboxylic acid groups (broad SMARTS) is 1. The number of aliphatic hydroxyl groups is 1. The monoisotopic (exact) mass is 273 g/mol. The van der Waals surface area contributed by atoms with E-state index < -0.39 is 35.6 Å². The maximum atomic E-state index is 12.1. The normalized spacial score (nSPS) is 21.1. The van der Waals surface area contributed by atoms with E-state index in [9.17, 15) is 14.7 Å². The van der Waals surface area contributed by atoms with Crippen LogP contribution in [0.1, 0.15) is 40.0 Å². The quantitative estimate of drug-likeness (QED) is 0.630. The Morgan fingerprint density at radius 1 is 1.32 bits per heavy atom. The third-order valence-corrected chi connectivity index (χ3v) is 3.38. The van der Waals surface area contributed by atoms with Crippen LogP contribution < -0.4 is 5.73 Å². The van der Waals surface area contributed by atoms with E-state index in [4.69, 9.17) is 15.6 Å². The van der Waals surface area contributed by atoms with Crippen LogP contribution in [0, 0.1) is 11.8 Å². The minimum atomic E-state index is -1.83. The number of carboxylic acids is 1. The average molecular weight is 273 g/mol. The third-order valence-electron chi connectivity index (χ3n) is 3.38. The largest absolute Gasteiger partial charge is 0.479 e. The number of nitrogens with two attached hydrogens (primary N) is 1. The van der Waals surface area contributed by atoms with Crippen LogP contribution in [0.4, 0.5) is 0 Å². The van der Waals surface area contributed by atoms with Gasteiger partial charge < -0.3 is 20.7 Å². The minimum Gasteiger partial charge on any atom is -0.479 e. The van der Waals surface area contributed by atoms with Gasteiger partial charge in [-0.25, -0.2) is 4.79 Å². The Hall–Kier alpha value is -1.14. The van der Waals surface area contributed by atoms with Gasteiger partial charge in [0.1, 0.15) is 11.5 Å². The lowest BCUT2D eigenvalue weighted by Crippen LogP contribution is -2.52. The predicted octanol–water partition coefficient (Wildman–Crippen LogP) is 0.517. The molecule has 0 radical (unpaired) electrons. The van der Waals surface area contributed by atoms with Crippen molar-refractivity contribution in [2.24, 2.45) is 17.6 Å². The fourth-order valence-corrected chi connectivity index (χ4v) is 2.14. The minimum absolute atomic E-state index is 0.0755. The highest BCUT2D eigenvalue weighted by Gasteiger charge is 2.43. The van der Waals surface area contributed by atoms with Crippen LogP contribution in [-0.2, 0) is 14.3 Å². The lowest BCUT2D eigenvalue weighted by Gasteiger charge is -2.37. The Morgan fingerprint density at radius 2 is 1.84 bits per heavy atom. The maximum absolute atomic E-state index is 12.1. The number of aliphatic carboxylic acids is 1. The molecular formula is C13H23NO5. The summed E-state index contributed by atoms with van der Waals surface area (Å²) in [4.78, 5) is 23.0. The molecule has 0 aromatic rings. The molecule has 0 aliphatic heterocycles. The topological polar surface area (TPSA) is 110 Å². The number of hydrogen-bond donors (Lipinski definition) is 3. The van der Waals surface area contributed by atoms with Crippen LogP contribution >= 0.6 is 0 Å². The van der Waals surface area contributed by atoms with Gasteiger partial charge in [0, 0.05) is 6.04 Å². The van der Waals surface area contributed by atoms with Gasteiger partial charge in [0.2, 0.25) is 0 Å². The third kappa shape index (κ3) is 4.18. The van der Waals surface area contributed by atoms with Gasteiger partial charge in [0.25, 0.3) is 0 Å². The van der Waals surface area contributed by atoms with E-state index in [0.717, 1.165) is 19.3 Å². The van der Waals surface area contributed by atoms with E-state index in [-0.39, 0.29) is 5.92 Å². The zero-order valence-electron chi connectivity index (χ0n) is 11.6. The van der Waals surface area contributed by atoms with Crippen LogP contribution in [0.2, 0.25) is 0 Å². The second-order valence-corrected chi connectivity index (χ2v) is 6.11. The summed E-state index contributed by atoms with van der Waals surface area (Å²) in [5.74, 6) is -3.35. The second-order valence-electron chi connectivity index (χ2n) is 6.11. The summed E-state index contributed by atoms with van der Waals surface area (Å²) < 4.78 is 5.17. The first-order chi connectivity index (χ1) is 8.63. The molecule has 1 saturated carbocycles. The number of carbonyl (C=O) groups excluding carboxylic acids is 1. The summed E-state index contributed by atoms with van der Waals surface area (Å²) in [6, 6.07) is -0.685. The van der Waals surface area contributed by atoms with E-state index >= 15 is 0 Å². The second kappa shape index (κ2) is 5.88. The summed E-state index contributed by atoms with van der Waals surface area (Å²) in [6.45, 7) is 5.05. The molecule has 0 saturated heterocycles. The first kappa shape index (κ1) is 15.9. The molecule has 6 heteroatoms. The molecule has 110 valence electrons. The van der Waals surface area contributed by atoms with Crippen LogP contribution in [-0.4, -0.2) is 39.9 Å². The molecule has 0 heterocycles. The van der Waals surface area contributed by atoms with Crippen molar-refractivity contribution in [3.05, 3.63) is 0 Å². The molecule has 1 rings (SSSR count). The van der Waals surface area contributed by atoms with Crippen molar-refractivity contribution in [3.63, 3.8) is 0 Å². The van der Waals surface area contributed by atoms with Gasteiger partial charge >= 0.3 is 11.9 Å². The summed E-state index contributed by atoms with van der Waals surface area (Å²) in [5.41, 5.74) is 5.21. The van der Waals surface area contributed by atoms with Gasteiger partial charge in [0.05, 0.1) is 0 Å². The molecule has 1 aliphatic carbocycles. The number of hydrogen-bond acceptors (Lipinski definition) is 5. The van der Waals surface area contributed by atoms with E-state index in [1.807, 2.05) is 0 Å². The van der Waals surface area contributed by atoms with E-state index in [2.05, 4.69) is 0 Å². The Bertz CT molecular complexity index is 345. The van der Waals surface area contributed by atoms with Gasteiger partial charge in [-0.2, -0.15) is 0 Å². The number of esters is 1. The van der Waals surface area contributed by atoms with Crippen molar-refractivity contribution in [1.82, 2.24) is 0 Å². The van der Waals surface area contributed by atoms with Crippen LogP contribution in [0.25, 0.3) is 0 Å². The summed E-state index contributed by atoms with van der Waals surface area (Å²) >= 11 is 0. The highest BCUT2D eigenvalue weighted by atomic mass is 16.6. The Kier molecular flexibility index (Phi) is 4.92. The molecule has 0 spiro atoms. The van der Waals surface area contributed by atoms with Crippen LogP contribution in [0.3, 0.4) is 0 Å². The fourth-order valence-electron chi connectivity index (χ4n) is 2.14. The molecule has 0 bridgehead atoms. The molecule has 6 nitrogen and oxygen atoms in total. The molecular weight excluding hydrogens is 250 g/mol. The van der Waals surface area contributed by atoms with Crippen molar-refractivity contribution in [1.29, 1.82) is 0 Å². The van der Waals surface area contributed by atoms with Gasteiger partial charge in [-0.05, 0) is 39.5 Å². The molecule has 0 amide bonds. The average Bonchev–Trinajstić information content (AvgIpc) is 2.11. The zero-order chi connectivity index (χ0) is 14.8. The van der Waals surface area contributed by atoms with E-state index in [0.29, 0.717) is 0 Å². The van der Waals surface area contributed by atoms with Crippen molar-refractivity contribution >= 4 is 11.9 Å². The first-order valence-corrected chi connectivity index (χ1v) is 6.53. The maximum Gasteiger partial charge on any atom is 0.333 e. The van der Waals surface area contributed by atoms with Crippen molar-refractivity contribution in [2.75, 3.05) is 0 Å². The number of ether oxygens (including phenoxy) is 1. The van der Waals surface area contributed by atoms with Gasteiger partial charge in [-0.3, -0.25) is 4.79 Å². The van der Waals surface area contributed by atoms with Crippen molar-refractivity contribution in [3.8, 4) is 0 Å². The van der Waals surface area contributed by atoms with Gasteiger partial charge in [-0.1, -0.05) is 6.42 Å². The highest BCUT2D eigenvalue weighted by molar-refractivity contribution is 5.83. The zero-order valence-corrected chi connectivity index (χ0v) is 11.6. The molecule has 4 N–H and O–H groups in total. The van der Waals surface area contributed by atoms with E-state index in [1.165, 1.54) is 0 Å². The fraction of sp³-hybridized carbons (Fsp3) is 0.846. The first-order valence-electron chi connectivity index (χ1n) is 6.53. The van der Waals surface area contributed by atoms with E-state index in [1.54, 1.807) is 20.8 Å². The van der Waals surface area contributed by atoms with Crippen molar-refractivity contribution in [2.45, 2.75) is 57.8 Å². The Morgan fingerprint density at radius 3 is 2.16 bits per heavy atom.